The fourth-order valence-corrected chi connectivity index (χ4v) is 4.39. The van der Waals surface area contributed by atoms with E-state index in [-0.39, 0.29) is 18.2 Å². The number of hydrogen-bond acceptors (Lipinski definition) is 5. The van der Waals surface area contributed by atoms with Crippen molar-refractivity contribution in [2.45, 2.75) is 32.7 Å². The highest BCUT2D eigenvalue weighted by atomic mass is 32.1. The molecule has 0 spiro atoms. The van der Waals surface area contributed by atoms with Gasteiger partial charge >= 0.3 is 0 Å². The lowest BCUT2D eigenvalue weighted by molar-refractivity contribution is -0.120. The normalized spacial score (nSPS) is 13.5. The molecule has 2 heterocycles. The molecule has 2 amide bonds. The van der Waals surface area contributed by atoms with E-state index in [0.717, 1.165) is 46.2 Å². The van der Waals surface area contributed by atoms with Crippen molar-refractivity contribution in [1.29, 1.82) is 0 Å². The van der Waals surface area contributed by atoms with Crippen molar-refractivity contribution in [2.24, 2.45) is 0 Å². The highest BCUT2D eigenvalue weighted by Gasteiger charge is 2.21. The number of benzene rings is 2. The Bertz CT molecular complexity index is 1060. The molecule has 160 valence electrons. The molecule has 1 aliphatic rings. The van der Waals surface area contributed by atoms with E-state index < -0.39 is 0 Å². The monoisotopic (exact) mass is 435 g/mol. The summed E-state index contributed by atoms with van der Waals surface area (Å²) in [7, 11) is 0. The van der Waals surface area contributed by atoms with Crippen molar-refractivity contribution in [3.05, 3.63) is 65.2 Å². The molecule has 1 N–H and O–H groups in total. The number of aromatic nitrogens is 1. The van der Waals surface area contributed by atoms with Crippen molar-refractivity contribution in [2.75, 3.05) is 18.1 Å². The van der Waals surface area contributed by atoms with Crippen LogP contribution in [0.25, 0.3) is 10.6 Å². The van der Waals surface area contributed by atoms with Crippen LogP contribution in [0.5, 0.6) is 5.75 Å². The Hall–Kier alpha value is -3.19. The molecule has 0 radical (unpaired) electrons. The molecule has 1 saturated heterocycles. The van der Waals surface area contributed by atoms with Gasteiger partial charge in [0.05, 0.1) is 18.7 Å². The molecular weight excluding hydrogens is 410 g/mol. The molecule has 1 aromatic heterocycles. The summed E-state index contributed by atoms with van der Waals surface area (Å²) in [4.78, 5) is 30.8. The number of carbonyl (C=O) groups is 2. The zero-order chi connectivity index (χ0) is 21.6. The number of amides is 2. The van der Waals surface area contributed by atoms with Crippen LogP contribution in [0.1, 0.15) is 31.0 Å². The zero-order valence-electron chi connectivity index (χ0n) is 17.5. The molecule has 3 aromatic rings. The average molecular weight is 436 g/mol. The molecule has 6 nitrogen and oxygen atoms in total. The summed E-state index contributed by atoms with van der Waals surface area (Å²) in [6.45, 7) is 3.77. The molecular formula is C24H25N3O3S. The average Bonchev–Trinajstić information content (AvgIpc) is 3.42. The van der Waals surface area contributed by atoms with Crippen LogP contribution in [0.15, 0.2) is 53.9 Å². The minimum atomic E-state index is -0.0776. The Morgan fingerprint density at radius 1 is 1.23 bits per heavy atom. The smallest absolute Gasteiger partial charge is 0.227 e. The minimum Gasteiger partial charge on any atom is -0.494 e. The molecule has 0 aliphatic carbocycles. The van der Waals surface area contributed by atoms with Gasteiger partial charge in [-0.3, -0.25) is 9.59 Å². The fourth-order valence-electron chi connectivity index (χ4n) is 3.56. The first-order valence-corrected chi connectivity index (χ1v) is 11.3. The first-order chi connectivity index (χ1) is 15.1. The lowest BCUT2D eigenvalue weighted by Crippen LogP contribution is -2.26. The molecule has 2 aromatic carbocycles. The van der Waals surface area contributed by atoms with Gasteiger partial charge in [-0.05, 0) is 55.3 Å². The summed E-state index contributed by atoms with van der Waals surface area (Å²) in [5.41, 5.74) is 3.63. The van der Waals surface area contributed by atoms with Crippen LogP contribution < -0.4 is 15.0 Å². The second kappa shape index (κ2) is 9.75. The van der Waals surface area contributed by atoms with E-state index in [0.29, 0.717) is 19.6 Å². The van der Waals surface area contributed by atoms with E-state index >= 15 is 0 Å². The summed E-state index contributed by atoms with van der Waals surface area (Å²) in [6.07, 6.45) is 1.73. The predicted octanol–water partition coefficient (Wildman–Crippen LogP) is 4.19. The van der Waals surface area contributed by atoms with E-state index in [2.05, 4.69) is 10.3 Å². The molecule has 0 saturated carbocycles. The fraction of sp³-hybridized carbons (Fsp3) is 0.292. The van der Waals surface area contributed by atoms with Crippen molar-refractivity contribution < 1.29 is 14.3 Å². The number of ether oxygens (including phenoxy) is 1. The maximum absolute atomic E-state index is 12.4. The minimum absolute atomic E-state index is 0.0776. The van der Waals surface area contributed by atoms with Gasteiger partial charge in [0.15, 0.2) is 0 Å². The molecule has 0 atom stereocenters. The Morgan fingerprint density at radius 2 is 2.06 bits per heavy atom. The number of anilines is 1. The highest BCUT2D eigenvalue weighted by molar-refractivity contribution is 7.13. The van der Waals surface area contributed by atoms with E-state index in [1.807, 2.05) is 65.7 Å². The summed E-state index contributed by atoms with van der Waals surface area (Å²) in [6, 6.07) is 15.6. The second-order valence-corrected chi connectivity index (χ2v) is 8.23. The Morgan fingerprint density at radius 3 is 2.81 bits per heavy atom. The van der Waals surface area contributed by atoms with Crippen LogP contribution in [0.3, 0.4) is 0 Å². The van der Waals surface area contributed by atoms with Crippen molar-refractivity contribution >= 4 is 28.8 Å². The molecule has 31 heavy (non-hydrogen) atoms. The first-order valence-electron chi connectivity index (χ1n) is 10.5. The first kappa shape index (κ1) is 21.1. The lowest BCUT2D eigenvalue weighted by Gasteiger charge is -2.16. The maximum atomic E-state index is 12.4. The van der Waals surface area contributed by atoms with Crippen LogP contribution in [-0.2, 0) is 22.6 Å². The molecule has 0 bridgehead atoms. The maximum Gasteiger partial charge on any atom is 0.227 e. The van der Waals surface area contributed by atoms with Gasteiger partial charge in [0, 0.05) is 36.1 Å². The number of rotatable bonds is 8. The molecule has 7 heteroatoms. The number of carbonyl (C=O) groups excluding carboxylic acids is 2. The van der Waals surface area contributed by atoms with Crippen LogP contribution >= 0.6 is 11.3 Å². The van der Waals surface area contributed by atoms with Crippen LogP contribution in [0.2, 0.25) is 0 Å². The quantitative estimate of drug-likeness (QED) is 0.576. The van der Waals surface area contributed by atoms with E-state index in [4.69, 9.17) is 4.74 Å². The number of nitrogens with zero attached hydrogens (tertiary/aromatic N) is 2. The van der Waals surface area contributed by atoms with Crippen LogP contribution in [-0.4, -0.2) is 29.9 Å². The third-order valence-corrected chi connectivity index (χ3v) is 6.03. The van der Waals surface area contributed by atoms with Gasteiger partial charge in [0.1, 0.15) is 10.8 Å². The molecule has 1 aliphatic heterocycles. The third kappa shape index (κ3) is 5.30. The third-order valence-electron chi connectivity index (χ3n) is 5.09. The number of thiazole rings is 1. The highest BCUT2D eigenvalue weighted by Crippen LogP contribution is 2.26. The lowest BCUT2D eigenvalue weighted by atomic mass is 10.2. The molecule has 0 unspecified atom stereocenters. The number of nitrogens with one attached hydrogen (secondary N) is 1. The topological polar surface area (TPSA) is 71.5 Å². The summed E-state index contributed by atoms with van der Waals surface area (Å²) in [5, 5.41) is 5.76. The van der Waals surface area contributed by atoms with E-state index in [1.54, 1.807) is 0 Å². The Kier molecular flexibility index (Phi) is 6.62. The van der Waals surface area contributed by atoms with Crippen molar-refractivity contribution in [1.82, 2.24) is 10.3 Å². The van der Waals surface area contributed by atoms with Gasteiger partial charge < -0.3 is 15.0 Å². The van der Waals surface area contributed by atoms with Gasteiger partial charge in [0.25, 0.3) is 0 Å². The van der Waals surface area contributed by atoms with Gasteiger partial charge in [-0.1, -0.05) is 12.1 Å². The van der Waals surface area contributed by atoms with Crippen LogP contribution in [0, 0.1) is 0 Å². The largest absolute Gasteiger partial charge is 0.494 e. The zero-order valence-corrected chi connectivity index (χ0v) is 18.3. The molecule has 1 fully saturated rings. The Balaban J connectivity index is 1.32. The van der Waals surface area contributed by atoms with E-state index in [1.165, 1.54) is 11.3 Å². The SMILES string of the molecule is CCOc1ccc(-c2nc(CC(=O)NCc3cccc(N4CCCC4=O)c3)cs2)cc1. The summed E-state index contributed by atoms with van der Waals surface area (Å²) >= 11 is 1.53. The summed E-state index contributed by atoms with van der Waals surface area (Å²) < 4.78 is 5.47. The standard InChI is InChI=1S/C24H25N3O3S/c1-2-30-21-10-8-18(9-11-21)24-26-19(16-31-24)14-22(28)25-15-17-5-3-6-20(13-17)27-12-4-7-23(27)29/h3,5-6,8-11,13,16H,2,4,7,12,14-15H2,1H3,(H,25,28). The molecule has 4 rings (SSSR count). The Labute approximate surface area is 185 Å². The van der Waals surface area contributed by atoms with Gasteiger partial charge in [-0.2, -0.15) is 0 Å². The van der Waals surface area contributed by atoms with Crippen molar-refractivity contribution in [3.63, 3.8) is 0 Å². The van der Waals surface area contributed by atoms with Crippen LogP contribution in [0.4, 0.5) is 5.69 Å². The number of hydrogen-bond donors (Lipinski definition) is 1. The second-order valence-electron chi connectivity index (χ2n) is 7.37. The van der Waals surface area contributed by atoms with E-state index in [9.17, 15) is 9.59 Å². The summed E-state index contributed by atoms with van der Waals surface area (Å²) in [5.74, 6) is 0.917. The van der Waals surface area contributed by atoms with Crippen molar-refractivity contribution in [3.8, 4) is 16.3 Å². The van der Waals surface area contributed by atoms with Gasteiger partial charge in [-0.25, -0.2) is 4.98 Å². The van der Waals surface area contributed by atoms with Gasteiger partial charge in [-0.15, -0.1) is 11.3 Å². The predicted molar refractivity (Wildman–Crippen MR) is 122 cm³/mol. The van der Waals surface area contributed by atoms with Gasteiger partial charge in [0.2, 0.25) is 11.8 Å².